The Labute approximate surface area is 166 Å². The number of rotatable bonds is 3. The zero-order valence-electron chi connectivity index (χ0n) is 16.0. The lowest BCUT2D eigenvalue weighted by atomic mass is 9.81. The van der Waals surface area contributed by atoms with Crippen molar-refractivity contribution in [3.63, 3.8) is 0 Å². The minimum absolute atomic E-state index is 0.235. The normalized spacial score (nSPS) is 18.7. The smallest absolute Gasteiger partial charge is 0.341 e. The van der Waals surface area contributed by atoms with E-state index in [9.17, 15) is 24.0 Å². The van der Waals surface area contributed by atoms with E-state index in [4.69, 9.17) is 4.74 Å². The summed E-state index contributed by atoms with van der Waals surface area (Å²) in [7, 11) is 0. The maximum absolute atomic E-state index is 13.5. The monoisotopic (exact) mass is 394 g/mol. The van der Waals surface area contributed by atoms with Gasteiger partial charge in [0.05, 0.1) is 0 Å². The van der Waals surface area contributed by atoms with Crippen molar-refractivity contribution < 1.29 is 28.7 Å². The molecule has 1 atom stereocenters. The number of imide groups is 4. The van der Waals surface area contributed by atoms with Gasteiger partial charge in [-0.05, 0) is 23.3 Å². The molecule has 0 bridgehead atoms. The summed E-state index contributed by atoms with van der Waals surface area (Å²) in [6.07, 6.45) is 0. The van der Waals surface area contributed by atoms with E-state index >= 15 is 0 Å². The SMILES string of the molecule is CC(=O)Oc1ccc(C2(c3ccccc3)C(=O)N(C(C)=O)C(=O)N2C(C)=O)cc1. The lowest BCUT2D eigenvalue weighted by molar-refractivity contribution is -0.143. The van der Waals surface area contributed by atoms with Crippen LogP contribution in [0.5, 0.6) is 5.75 Å². The summed E-state index contributed by atoms with van der Waals surface area (Å²) in [6.45, 7) is 3.49. The number of nitrogens with zero attached hydrogens (tertiary/aromatic N) is 2. The van der Waals surface area contributed by atoms with Gasteiger partial charge in [-0.15, -0.1) is 0 Å². The Morgan fingerprint density at radius 3 is 1.83 bits per heavy atom. The van der Waals surface area contributed by atoms with Crippen molar-refractivity contribution in [3.8, 4) is 5.75 Å². The molecule has 148 valence electrons. The average Bonchev–Trinajstić information content (AvgIpc) is 2.90. The number of carbonyl (C=O) groups is 5. The summed E-state index contributed by atoms with van der Waals surface area (Å²) in [4.78, 5) is 63.3. The number of benzene rings is 2. The first-order valence-electron chi connectivity index (χ1n) is 8.75. The zero-order chi connectivity index (χ0) is 21.3. The van der Waals surface area contributed by atoms with E-state index in [1.807, 2.05) is 0 Å². The van der Waals surface area contributed by atoms with E-state index in [1.165, 1.54) is 31.2 Å². The van der Waals surface area contributed by atoms with Crippen LogP contribution >= 0.6 is 0 Å². The summed E-state index contributed by atoms with van der Waals surface area (Å²) in [6, 6.07) is 13.1. The molecule has 29 heavy (non-hydrogen) atoms. The van der Waals surface area contributed by atoms with Gasteiger partial charge in [0.1, 0.15) is 5.75 Å². The van der Waals surface area contributed by atoms with Crippen LogP contribution in [0, 0.1) is 0 Å². The predicted molar refractivity (Wildman–Crippen MR) is 100 cm³/mol. The Kier molecular flexibility index (Phi) is 5.02. The molecule has 0 spiro atoms. The molecule has 0 radical (unpaired) electrons. The van der Waals surface area contributed by atoms with Crippen LogP contribution in [-0.4, -0.2) is 39.5 Å². The van der Waals surface area contributed by atoms with Crippen LogP contribution in [0.1, 0.15) is 31.9 Å². The van der Waals surface area contributed by atoms with E-state index in [-0.39, 0.29) is 11.3 Å². The fourth-order valence-corrected chi connectivity index (χ4v) is 3.52. The molecule has 3 rings (SSSR count). The van der Waals surface area contributed by atoms with Crippen molar-refractivity contribution in [1.82, 2.24) is 9.80 Å². The minimum atomic E-state index is -1.86. The highest BCUT2D eigenvalue weighted by Crippen LogP contribution is 2.43. The number of carbonyl (C=O) groups excluding carboxylic acids is 5. The summed E-state index contributed by atoms with van der Waals surface area (Å²) < 4.78 is 5.02. The standard InChI is InChI=1S/C21H18N2O6/c1-13(24)22-19(27)21(16-7-5-4-6-8-16,23(14(2)25)20(22)28)17-9-11-18(12-10-17)29-15(3)26/h4-12H,1-3H3. The topological polar surface area (TPSA) is 101 Å². The molecule has 1 heterocycles. The molecule has 1 saturated heterocycles. The van der Waals surface area contributed by atoms with Crippen LogP contribution in [0.4, 0.5) is 4.79 Å². The Balaban J connectivity index is 2.31. The number of amides is 5. The lowest BCUT2D eigenvalue weighted by Gasteiger charge is -2.34. The van der Waals surface area contributed by atoms with Gasteiger partial charge in [-0.3, -0.25) is 19.2 Å². The van der Waals surface area contributed by atoms with E-state index in [0.29, 0.717) is 10.5 Å². The zero-order valence-corrected chi connectivity index (χ0v) is 16.0. The fourth-order valence-electron chi connectivity index (χ4n) is 3.52. The fraction of sp³-hybridized carbons (Fsp3) is 0.190. The van der Waals surface area contributed by atoms with Crippen molar-refractivity contribution in [2.45, 2.75) is 26.3 Å². The van der Waals surface area contributed by atoms with E-state index in [1.54, 1.807) is 30.3 Å². The first kappa shape index (κ1) is 19.9. The molecular weight excluding hydrogens is 376 g/mol. The molecule has 1 unspecified atom stereocenters. The highest BCUT2D eigenvalue weighted by atomic mass is 16.5. The second-order valence-corrected chi connectivity index (χ2v) is 6.49. The van der Waals surface area contributed by atoms with Gasteiger partial charge in [0.25, 0.3) is 5.91 Å². The van der Waals surface area contributed by atoms with Crippen LogP contribution in [0.15, 0.2) is 54.6 Å². The quantitative estimate of drug-likeness (QED) is 0.449. The van der Waals surface area contributed by atoms with Gasteiger partial charge in [0.15, 0.2) is 5.54 Å². The molecule has 1 fully saturated rings. The third kappa shape index (κ3) is 3.08. The van der Waals surface area contributed by atoms with Crippen LogP contribution in [-0.2, 0) is 24.7 Å². The van der Waals surface area contributed by atoms with E-state index < -0.39 is 35.3 Å². The van der Waals surface area contributed by atoms with Crippen molar-refractivity contribution in [1.29, 1.82) is 0 Å². The summed E-state index contributed by atoms with van der Waals surface area (Å²) in [5.74, 6) is -2.62. The van der Waals surface area contributed by atoms with Gasteiger partial charge in [-0.25, -0.2) is 9.69 Å². The molecule has 8 heteroatoms. The van der Waals surface area contributed by atoms with E-state index in [0.717, 1.165) is 18.7 Å². The second-order valence-electron chi connectivity index (χ2n) is 6.49. The summed E-state index contributed by atoms with van der Waals surface area (Å²) >= 11 is 0. The molecule has 1 aliphatic rings. The highest BCUT2D eigenvalue weighted by Gasteiger charge is 2.62. The van der Waals surface area contributed by atoms with Gasteiger partial charge in [0.2, 0.25) is 11.8 Å². The molecular formula is C21H18N2O6. The maximum Gasteiger partial charge on any atom is 0.341 e. The molecule has 0 aromatic heterocycles. The van der Waals surface area contributed by atoms with Crippen LogP contribution in [0.25, 0.3) is 0 Å². The first-order valence-corrected chi connectivity index (χ1v) is 8.75. The van der Waals surface area contributed by atoms with Crippen molar-refractivity contribution in [2.75, 3.05) is 0 Å². The van der Waals surface area contributed by atoms with Crippen molar-refractivity contribution >= 4 is 29.7 Å². The molecule has 0 saturated carbocycles. The van der Waals surface area contributed by atoms with Gasteiger partial charge in [-0.2, -0.15) is 4.90 Å². The molecule has 2 aromatic rings. The van der Waals surface area contributed by atoms with Crippen LogP contribution in [0.3, 0.4) is 0 Å². The third-order valence-electron chi connectivity index (χ3n) is 4.59. The number of esters is 1. The molecule has 0 N–H and O–H groups in total. The van der Waals surface area contributed by atoms with E-state index in [2.05, 4.69) is 0 Å². The number of urea groups is 1. The van der Waals surface area contributed by atoms with Gasteiger partial charge < -0.3 is 4.74 Å². The molecule has 5 amide bonds. The predicted octanol–water partition coefficient (Wildman–Crippen LogP) is 2.21. The summed E-state index contributed by atoms with van der Waals surface area (Å²) in [5, 5.41) is 0. The van der Waals surface area contributed by atoms with Crippen LogP contribution < -0.4 is 4.74 Å². The number of hydrogen-bond acceptors (Lipinski definition) is 6. The largest absolute Gasteiger partial charge is 0.427 e. The molecule has 1 aliphatic heterocycles. The molecule has 8 nitrogen and oxygen atoms in total. The Bertz CT molecular complexity index is 1020. The first-order chi connectivity index (χ1) is 13.7. The van der Waals surface area contributed by atoms with Gasteiger partial charge >= 0.3 is 12.0 Å². The molecule has 0 aliphatic carbocycles. The third-order valence-corrected chi connectivity index (χ3v) is 4.59. The number of ether oxygens (including phenoxy) is 1. The number of hydrogen-bond donors (Lipinski definition) is 0. The minimum Gasteiger partial charge on any atom is -0.427 e. The summed E-state index contributed by atoms with van der Waals surface area (Å²) in [5.41, 5.74) is -1.24. The highest BCUT2D eigenvalue weighted by molar-refractivity contribution is 6.23. The molecule has 2 aromatic carbocycles. The van der Waals surface area contributed by atoms with Crippen molar-refractivity contribution in [3.05, 3.63) is 65.7 Å². The second kappa shape index (κ2) is 7.31. The Morgan fingerprint density at radius 2 is 1.34 bits per heavy atom. The maximum atomic E-state index is 13.5. The van der Waals surface area contributed by atoms with Crippen molar-refractivity contribution in [2.24, 2.45) is 0 Å². The van der Waals surface area contributed by atoms with Gasteiger partial charge in [0, 0.05) is 20.8 Å². The lowest BCUT2D eigenvalue weighted by Crippen LogP contribution is -2.50. The Morgan fingerprint density at radius 1 is 0.793 bits per heavy atom. The Hall–Kier alpha value is -3.81. The van der Waals surface area contributed by atoms with Crippen LogP contribution in [0.2, 0.25) is 0 Å². The van der Waals surface area contributed by atoms with Gasteiger partial charge in [-0.1, -0.05) is 42.5 Å². The average molecular weight is 394 g/mol.